The number of aliphatic carboxylic acids is 1. The highest BCUT2D eigenvalue weighted by Crippen LogP contribution is 2.44. The average molecular weight is 544 g/mol. The van der Waals surface area contributed by atoms with Crippen molar-refractivity contribution < 1.29 is 24.2 Å². The van der Waals surface area contributed by atoms with Gasteiger partial charge in [0.1, 0.15) is 12.6 Å². The summed E-state index contributed by atoms with van der Waals surface area (Å²) in [6.07, 6.45) is 0.210. The number of ether oxygens (including phenoxy) is 1. The van der Waals surface area contributed by atoms with Gasteiger partial charge in [-0.2, -0.15) is 0 Å². The summed E-state index contributed by atoms with van der Waals surface area (Å²) >= 11 is 0. The van der Waals surface area contributed by atoms with Crippen LogP contribution in [-0.4, -0.2) is 60.8 Å². The van der Waals surface area contributed by atoms with Gasteiger partial charge in [0.15, 0.2) is 0 Å². The van der Waals surface area contributed by atoms with Gasteiger partial charge in [0.05, 0.1) is 0 Å². The molecule has 2 atom stereocenters. The zero-order chi connectivity index (χ0) is 28.5. The first kappa shape index (κ1) is 28.8. The third-order valence-corrected chi connectivity index (χ3v) is 7.35. The van der Waals surface area contributed by atoms with E-state index in [0.29, 0.717) is 13.0 Å². The fraction of sp³-hybridized carbons (Fsp3) is 0.344. The number of rotatable bonds is 13. The van der Waals surface area contributed by atoms with Gasteiger partial charge in [-0.25, -0.2) is 9.59 Å². The first-order valence-electron chi connectivity index (χ1n) is 13.7. The van der Waals surface area contributed by atoms with E-state index in [1.165, 1.54) is 0 Å². The lowest BCUT2D eigenvalue weighted by Gasteiger charge is -2.23. The van der Waals surface area contributed by atoms with Crippen molar-refractivity contribution in [1.82, 2.24) is 15.5 Å². The standard InChI is InChI=1S/C32H37N3O5/c1-3-22(17-30(36)34-29(31(37)38)20-35(2)19-23-11-5-4-6-12-23)18-33-32(39)40-21-28-26-15-9-7-13-24(26)25-14-8-10-16-27(25)28/h4-16,22,28-29H,3,17-21H2,1-2H3,(H,33,39)(H,34,36)(H,37,38). The Morgan fingerprint density at radius 1 is 0.925 bits per heavy atom. The van der Waals surface area contributed by atoms with Gasteiger partial charge in [-0.3, -0.25) is 9.69 Å². The highest BCUT2D eigenvalue weighted by atomic mass is 16.5. The SMILES string of the molecule is CCC(CNC(=O)OCC1c2ccccc2-c2ccccc21)CC(=O)NC(CN(C)Cc1ccccc1)C(=O)O. The minimum Gasteiger partial charge on any atom is -0.480 e. The molecule has 0 saturated carbocycles. The maximum atomic E-state index is 12.7. The molecular weight excluding hydrogens is 506 g/mol. The summed E-state index contributed by atoms with van der Waals surface area (Å²) in [6, 6.07) is 25.0. The Labute approximate surface area is 235 Å². The molecule has 8 heteroatoms. The summed E-state index contributed by atoms with van der Waals surface area (Å²) in [7, 11) is 1.82. The van der Waals surface area contributed by atoms with Crippen LogP contribution in [-0.2, 0) is 20.9 Å². The number of nitrogens with one attached hydrogen (secondary N) is 2. The van der Waals surface area contributed by atoms with E-state index >= 15 is 0 Å². The lowest BCUT2D eigenvalue weighted by molar-refractivity contribution is -0.142. The van der Waals surface area contributed by atoms with Crippen molar-refractivity contribution in [3.05, 3.63) is 95.6 Å². The van der Waals surface area contributed by atoms with Crippen LogP contribution in [0.1, 0.15) is 42.4 Å². The molecule has 3 aromatic rings. The molecule has 0 aromatic heterocycles. The van der Waals surface area contributed by atoms with Crippen LogP contribution in [0, 0.1) is 5.92 Å². The molecule has 8 nitrogen and oxygen atoms in total. The number of fused-ring (bicyclic) bond motifs is 3. The van der Waals surface area contributed by atoms with Crippen LogP contribution in [0.4, 0.5) is 4.79 Å². The minimum absolute atomic E-state index is 0.0288. The molecule has 0 bridgehead atoms. The monoisotopic (exact) mass is 543 g/mol. The number of carbonyl (C=O) groups is 3. The Balaban J connectivity index is 1.23. The summed E-state index contributed by atoms with van der Waals surface area (Å²) in [5, 5.41) is 15.1. The fourth-order valence-corrected chi connectivity index (χ4v) is 5.21. The van der Waals surface area contributed by atoms with Crippen LogP contribution in [0.2, 0.25) is 0 Å². The number of carboxylic acids is 1. The maximum Gasteiger partial charge on any atom is 0.407 e. The zero-order valence-electron chi connectivity index (χ0n) is 23.0. The summed E-state index contributed by atoms with van der Waals surface area (Å²) < 4.78 is 5.59. The molecule has 0 radical (unpaired) electrons. The summed E-state index contributed by atoms with van der Waals surface area (Å²) in [5.74, 6) is -1.63. The smallest absolute Gasteiger partial charge is 0.407 e. The van der Waals surface area contributed by atoms with Crippen molar-refractivity contribution in [2.75, 3.05) is 26.7 Å². The number of carboxylic acid groups (broad SMARTS) is 1. The molecule has 0 spiro atoms. The van der Waals surface area contributed by atoms with E-state index in [9.17, 15) is 19.5 Å². The van der Waals surface area contributed by atoms with Crippen LogP contribution in [0.25, 0.3) is 11.1 Å². The van der Waals surface area contributed by atoms with Crippen LogP contribution >= 0.6 is 0 Å². The third kappa shape index (κ3) is 7.48. The average Bonchev–Trinajstić information content (AvgIpc) is 3.27. The molecule has 2 unspecified atom stereocenters. The number of benzene rings is 3. The first-order valence-corrected chi connectivity index (χ1v) is 13.7. The number of carbonyl (C=O) groups excluding carboxylic acids is 2. The van der Waals surface area contributed by atoms with Crippen LogP contribution in [0.5, 0.6) is 0 Å². The van der Waals surface area contributed by atoms with Gasteiger partial charge in [0, 0.05) is 32.0 Å². The molecule has 0 fully saturated rings. The van der Waals surface area contributed by atoms with Crippen molar-refractivity contribution in [3.63, 3.8) is 0 Å². The number of amides is 2. The predicted molar refractivity (Wildman–Crippen MR) is 154 cm³/mol. The topological polar surface area (TPSA) is 108 Å². The Morgan fingerprint density at radius 3 is 2.12 bits per heavy atom. The van der Waals surface area contributed by atoms with E-state index < -0.39 is 18.1 Å². The minimum atomic E-state index is -1.09. The molecule has 1 aliphatic rings. The molecule has 3 N–H and O–H groups in total. The van der Waals surface area contributed by atoms with E-state index in [1.54, 1.807) is 0 Å². The number of likely N-dealkylation sites (N-methyl/N-ethyl adjacent to an activating group) is 1. The molecule has 0 heterocycles. The van der Waals surface area contributed by atoms with Gasteiger partial charge in [-0.15, -0.1) is 0 Å². The van der Waals surface area contributed by atoms with Crippen LogP contribution in [0.3, 0.4) is 0 Å². The second-order valence-corrected chi connectivity index (χ2v) is 10.3. The molecule has 0 saturated heterocycles. The molecule has 2 amide bonds. The fourth-order valence-electron chi connectivity index (χ4n) is 5.21. The van der Waals surface area contributed by atoms with Gasteiger partial charge in [0.25, 0.3) is 0 Å². The van der Waals surface area contributed by atoms with Gasteiger partial charge in [-0.05, 0) is 40.8 Å². The van der Waals surface area contributed by atoms with E-state index in [2.05, 4.69) is 34.9 Å². The summed E-state index contributed by atoms with van der Waals surface area (Å²) in [6.45, 7) is 3.15. The first-order chi connectivity index (χ1) is 19.4. The van der Waals surface area contributed by atoms with Crippen molar-refractivity contribution in [2.24, 2.45) is 5.92 Å². The van der Waals surface area contributed by atoms with Gasteiger partial charge < -0.3 is 20.5 Å². The molecule has 1 aliphatic carbocycles. The van der Waals surface area contributed by atoms with Crippen LogP contribution < -0.4 is 10.6 Å². The lowest BCUT2D eigenvalue weighted by Crippen LogP contribution is -2.48. The van der Waals surface area contributed by atoms with Gasteiger partial charge >= 0.3 is 12.1 Å². The van der Waals surface area contributed by atoms with Crippen molar-refractivity contribution in [2.45, 2.75) is 38.3 Å². The van der Waals surface area contributed by atoms with E-state index in [1.807, 2.05) is 73.5 Å². The normalized spacial score (nSPS) is 13.7. The maximum absolute atomic E-state index is 12.7. The van der Waals surface area contributed by atoms with Gasteiger partial charge in [0.2, 0.25) is 5.91 Å². The highest BCUT2D eigenvalue weighted by molar-refractivity contribution is 5.84. The highest BCUT2D eigenvalue weighted by Gasteiger charge is 2.29. The van der Waals surface area contributed by atoms with Crippen molar-refractivity contribution in [3.8, 4) is 11.1 Å². The molecule has 0 aliphatic heterocycles. The third-order valence-electron chi connectivity index (χ3n) is 7.35. The van der Waals surface area contributed by atoms with E-state index in [0.717, 1.165) is 27.8 Å². The second-order valence-electron chi connectivity index (χ2n) is 10.3. The number of nitrogens with zero attached hydrogens (tertiary/aromatic N) is 1. The predicted octanol–water partition coefficient (Wildman–Crippen LogP) is 4.64. The quantitative estimate of drug-likeness (QED) is 0.290. The number of alkyl carbamates (subject to hydrolysis) is 1. The number of hydrogen-bond acceptors (Lipinski definition) is 5. The molecular formula is C32H37N3O5. The largest absolute Gasteiger partial charge is 0.480 e. The summed E-state index contributed by atoms with van der Waals surface area (Å²) in [5.41, 5.74) is 5.67. The Morgan fingerprint density at radius 2 is 1.52 bits per heavy atom. The van der Waals surface area contributed by atoms with Crippen molar-refractivity contribution >= 4 is 18.0 Å². The second kappa shape index (κ2) is 13.8. The Bertz CT molecular complexity index is 1270. The zero-order valence-corrected chi connectivity index (χ0v) is 23.0. The Kier molecular flexibility index (Phi) is 9.91. The summed E-state index contributed by atoms with van der Waals surface area (Å²) in [4.78, 5) is 38.9. The van der Waals surface area contributed by atoms with Gasteiger partial charge in [-0.1, -0.05) is 92.2 Å². The van der Waals surface area contributed by atoms with Crippen molar-refractivity contribution in [1.29, 1.82) is 0 Å². The molecule has 4 rings (SSSR count). The lowest BCUT2D eigenvalue weighted by atomic mass is 9.98. The molecule has 3 aromatic carbocycles. The van der Waals surface area contributed by atoms with E-state index in [4.69, 9.17) is 4.74 Å². The molecule has 40 heavy (non-hydrogen) atoms. The van der Waals surface area contributed by atoms with Crippen LogP contribution in [0.15, 0.2) is 78.9 Å². The van der Waals surface area contributed by atoms with E-state index in [-0.39, 0.29) is 43.9 Å². The molecule has 210 valence electrons. The Hall–Kier alpha value is -4.17. The number of hydrogen-bond donors (Lipinski definition) is 3.